The van der Waals surface area contributed by atoms with Crippen molar-refractivity contribution in [3.8, 4) is 0 Å². The van der Waals surface area contributed by atoms with Crippen molar-refractivity contribution in [2.45, 2.75) is 4.90 Å². The topological polar surface area (TPSA) is 26.0 Å². The van der Waals surface area contributed by atoms with E-state index in [1.165, 1.54) is 10.5 Å². The van der Waals surface area contributed by atoms with Crippen molar-refractivity contribution >= 4 is 17.8 Å². The Morgan fingerprint density at radius 2 is 2.00 bits per heavy atom. The number of nitrogens with two attached hydrogens (primary N) is 1. The van der Waals surface area contributed by atoms with Crippen LogP contribution in [-0.4, -0.2) is 0 Å². The van der Waals surface area contributed by atoms with Crippen LogP contribution in [0.4, 0.5) is 0 Å². The van der Waals surface area contributed by atoms with Crippen LogP contribution >= 0.6 is 11.8 Å². The standard InChI is InChI=1S/C10H9NS/c11-10-7-3-5-8-4-1-2-6-9(8)12-10/h1-7H,11H2. The van der Waals surface area contributed by atoms with Gasteiger partial charge in [-0.2, -0.15) is 0 Å². The van der Waals surface area contributed by atoms with Crippen LogP contribution in [0.3, 0.4) is 0 Å². The fourth-order valence-electron chi connectivity index (χ4n) is 1.12. The molecule has 1 heterocycles. The van der Waals surface area contributed by atoms with Crippen LogP contribution in [0.15, 0.2) is 46.3 Å². The summed E-state index contributed by atoms with van der Waals surface area (Å²) in [5, 5.41) is 0.844. The van der Waals surface area contributed by atoms with Gasteiger partial charge in [0.15, 0.2) is 0 Å². The van der Waals surface area contributed by atoms with Gasteiger partial charge in [-0.3, -0.25) is 0 Å². The first-order chi connectivity index (χ1) is 5.86. The summed E-state index contributed by atoms with van der Waals surface area (Å²) >= 11 is 1.61. The van der Waals surface area contributed by atoms with E-state index in [9.17, 15) is 0 Å². The van der Waals surface area contributed by atoms with Crippen molar-refractivity contribution in [1.29, 1.82) is 0 Å². The third-order valence-corrected chi connectivity index (χ3v) is 2.65. The van der Waals surface area contributed by atoms with E-state index in [2.05, 4.69) is 18.2 Å². The largest absolute Gasteiger partial charge is 0.393 e. The Hall–Kier alpha value is -1.15. The molecule has 0 amide bonds. The van der Waals surface area contributed by atoms with Gasteiger partial charge in [0, 0.05) is 4.90 Å². The lowest BCUT2D eigenvalue weighted by molar-refractivity contribution is 1.42. The Labute approximate surface area is 76.0 Å². The summed E-state index contributed by atoms with van der Waals surface area (Å²) in [5.74, 6) is 0. The Bertz CT molecular complexity index is 353. The quantitative estimate of drug-likeness (QED) is 0.656. The molecular formula is C10H9NS. The van der Waals surface area contributed by atoms with Gasteiger partial charge in [-0.1, -0.05) is 42.1 Å². The second-order valence-electron chi connectivity index (χ2n) is 2.57. The second-order valence-corrected chi connectivity index (χ2v) is 3.68. The molecule has 1 aliphatic heterocycles. The Morgan fingerprint density at radius 3 is 2.92 bits per heavy atom. The first kappa shape index (κ1) is 7.50. The first-order valence-corrected chi connectivity index (χ1v) is 4.58. The summed E-state index contributed by atoms with van der Waals surface area (Å²) in [6.45, 7) is 0. The third-order valence-electron chi connectivity index (χ3n) is 1.68. The van der Waals surface area contributed by atoms with Gasteiger partial charge < -0.3 is 5.73 Å². The lowest BCUT2D eigenvalue weighted by atomic mass is 10.2. The van der Waals surface area contributed by atoms with Gasteiger partial charge in [0.05, 0.1) is 5.03 Å². The van der Waals surface area contributed by atoms with E-state index in [0.29, 0.717) is 0 Å². The number of hydrogen-bond donors (Lipinski definition) is 1. The molecule has 0 radical (unpaired) electrons. The molecule has 0 aromatic heterocycles. The maximum Gasteiger partial charge on any atom is 0.0703 e. The minimum atomic E-state index is 0.844. The summed E-state index contributed by atoms with van der Waals surface area (Å²) in [7, 11) is 0. The van der Waals surface area contributed by atoms with Crippen molar-refractivity contribution in [3.63, 3.8) is 0 Å². The normalized spacial score (nSPS) is 14.8. The molecule has 0 spiro atoms. The highest BCUT2D eigenvalue weighted by atomic mass is 32.2. The zero-order valence-corrected chi connectivity index (χ0v) is 7.34. The third kappa shape index (κ3) is 1.38. The highest BCUT2D eigenvalue weighted by Crippen LogP contribution is 2.29. The molecule has 1 aromatic carbocycles. The molecular weight excluding hydrogens is 166 g/mol. The summed E-state index contributed by atoms with van der Waals surface area (Å²) < 4.78 is 0. The Kier molecular flexibility index (Phi) is 1.92. The van der Waals surface area contributed by atoms with Crippen LogP contribution in [0.5, 0.6) is 0 Å². The minimum Gasteiger partial charge on any atom is -0.393 e. The number of benzene rings is 1. The number of hydrogen-bond acceptors (Lipinski definition) is 2. The molecule has 0 fully saturated rings. The zero-order chi connectivity index (χ0) is 8.39. The fraction of sp³-hybridized carbons (Fsp3) is 0. The Morgan fingerprint density at radius 1 is 1.17 bits per heavy atom. The van der Waals surface area contributed by atoms with Crippen molar-refractivity contribution in [3.05, 3.63) is 47.0 Å². The second kappa shape index (κ2) is 3.07. The van der Waals surface area contributed by atoms with E-state index in [1.807, 2.05) is 24.3 Å². The van der Waals surface area contributed by atoms with Crippen molar-refractivity contribution in [2.24, 2.45) is 5.73 Å². The van der Waals surface area contributed by atoms with E-state index in [4.69, 9.17) is 5.73 Å². The van der Waals surface area contributed by atoms with Crippen LogP contribution in [0, 0.1) is 0 Å². The van der Waals surface area contributed by atoms with Crippen LogP contribution in [0.25, 0.3) is 6.08 Å². The molecule has 0 unspecified atom stereocenters. The van der Waals surface area contributed by atoms with E-state index in [1.54, 1.807) is 11.8 Å². The molecule has 0 bridgehead atoms. The smallest absolute Gasteiger partial charge is 0.0703 e. The maximum absolute atomic E-state index is 5.72. The molecule has 2 rings (SSSR count). The molecule has 0 atom stereocenters. The van der Waals surface area contributed by atoms with Crippen LogP contribution in [-0.2, 0) is 0 Å². The molecule has 1 aromatic rings. The zero-order valence-electron chi connectivity index (χ0n) is 6.53. The summed E-state index contributed by atoms with van der Waals surface area (Å²) in [5.41, 5.74) is 6.96. The van der Waals surface area contributed by atoms with Gasteiger partial charge in [-0.05, 0) is 17.7 Å². The highest BCUT2D eigenvalue weighted by Gasteiger charge is 2.02. The van der Waals surface area contributed by atoms with Gasteiger partial charge in [0.1, 0.15) is 0 Å². The van der Waals surface area contributed by atoms with Gasteiger partial charge in [0.25, 0.3) is 0 Å². The Balaban J connectivity index is 2.49. The molecule has 60 valence electrons. The van der Waals surface area contributed by atoms with E-state index in [0.717, 1.165) is 5.03 Å². The lowest BCUT2D eigenvalue weighted by Crippen LogP contribution is -1.89. The number of fused-ring (bicyclic) bond motifs is 1. The first-order valence-electron chi connectivity index (χ1n) is 3.77. The van der Waals surface area contributed by atoms with Gasteiger partial charge >= 0.3 is 0 Å². The molecule has 0 saturated carbocycles. The summed E-state index contributed by atoms with van der Waals surface area (Å²) in [6.07, 6.45) is 5.97. The van der Waals surface area contributed by atoms with Crippen LogP contribution in [0.2, 0.25) is 0 Å². The predicted octanol–water partition coefficient (Wildman–Crippen LogP) is 2.61. The van der Waals surface area contributed by atoms with Crippen LogP contribution in [0.1, 0.15) is 5.56 Å². The monoisotopic (exact) mass is 175 g/mol. The van der Waals surface area contributed by atoms with Crippen molar-refractivity contribution in [1.82, 2.24) is 0 Å². The molecule has 0 saturated heterocycles. The maximum atomic E-state index is 5.72. The SMILES string of the molecule is NC1=CC=Cc2ccccc2S1. The van der Waals surface area contributed by atoms with Crippen LogP contribution < -0.4 is 5.73 Å². The fourth-order valence-corrected chi connectivity index (χ4v) is 1.92. The molecule has 2 N–H and O–H groups in total. The van der Waals surface area contributed by atoms with Gasteiger partial charge in [-0.15, -0.1) is 0 Å². The number of allylic oxidation sites excluding steroid dienone is 2. The van der Waals surface area contributed by atoms with E-state index < -0.39 is 0 Å². The highest BCUT2D eigenvalue weighted by molar-refractivity contribution is 8.03. The molecule has 1 nitrogen and oxygen atoms in total. The van der Waals surface area contributed by atoms with E-state index in [-0.39, 0.29) is 0 Å². The van der Waals surface area contributed by atoms with E-state index >= 15 is 0 Å². The van der Waals surface area contributed by atoms with Gasteiger partial charge in [0.2, 0.25) is 0 Å². The summed E-state index contributed by atoms with van der Waals surface area (Å²) in [4.78, 5) is 1.22. The number of rotatable bonds is 0. The predicted molar refractivity (Wildman–Crippen MR) is 53.6 cm³/mol. The minimum absolute atomic E-state index is 0.844. The number of thioether (sulfide) groups is 1. The molecule has 2 heteroatoms. The van der Waals surface area contributed by atoms with Crippen molar-refractivity contribution in [2.75, 3.05) is 0 Å². The van der Waals surface area contributed by atoms with Crippen molar-refractivity contribution < 1.29 is 0 Å². The lowest BCUT2D eigenvalue weighted by Gasteiger charge is -2.01. The van der Waals surface area contributed by atoms with Gasteiger partial charge in [-0.25, -0.2) is 0 Å². The molecule has 0 aliphatic carbocycles. The molecule has 1 aliphatic rings. The summed E-state index contributed by atoms with van der Waals surface area (Å²) in [6, 6.07) is 8.23. The molecule has 12 heavy (non-hydrogen) atoms. The average molecular weight is 175 g/mol. The average Bonchev–Trinajstić information content (AvgIpc) is 2.25.